The lowest BCUT2D eigenvalue weighted by Crippen LogP contribution is -2.36. The van der Waals surface area contributed by atoms with Gasteiger partial charge < -0.3 is 15.1 Å². The smallest absolute Gasteiger partial charge is 0.298 e. The molecule has 3 atom stereocenters. The van der Waals surface area contributed by atoms with Crippen molar-refractivity contribution in [3.63, 3.8) is 0 Å². The van der Waals surface area contributed by atoms with Crippen molar-refractivity contribution < 1.29 is 14.6 Å². The van der Waals surface area contributed by atoms with Gasteiger partial charge in [-0.15, -0.1) is 0 Å². The monoisotopic (exact) mass is 203 g/mol. The lowest BCUT2D eigenvalue weighted by Gasteiger charge is -2.22. The average molecular weight is 203 g/mol. The van der Waals surface area contributed by atoms with Crippen LogP contribution >= 0.6 is 8.38 Å². The van der Waals surface area contributed by atoms with Gasteiger partial charge in [0, 0.05) is 6.04 Å². The zero-order valence-electron chi connectivity index (χ0n) is 7.31. The van der Waals surface area contributed by atoms with Gasteiger partial charge in [0.15, 0.2) is 0 Å². The molecule has 2 saturated carbocycles. The second-order valence-electron chi connectivity index (χ2n) is 4.02. The predicted octanol–water partition coefficient (Wildman–Crippen LogP) is 1.18. The van der Waals surface area contributed by atoms with Crippen LogP contribution in [0.25, 0.3) is 0 Å². The Morgan fingerprint density at radius 3 is 2.54 bits per heavy atom. The number of hydrogen-bond donors (Lipinski definition) is 3. The highest BCUT2D eigenvalue weighted by atomic mass is 31.2. The van der Waals surface area contributed by atoms with Gasteiger partial charge in [0.1, 0.15) is 0 Å². The molecule has 1 amide bonds. The van der Waals surface area contributed by atoms with Crippen molar-refractivity contribution in [3.8, 4) is 0 Å². The Morgan fingerprint density at radius 2 is 2.08 bits per heavy atom. The summed E-state index contributed by atoms with van der Waals surface area (Å²) in [5.74, 6) is 1.35. The van der Waals surface area contributed by atoms with Crippen molar-refractivity contribution in [1.29, 1.82) is 0 Å². The van der Waals surface area contributed by atoms with E-state index in [9.17, 15) is 4.79 Å². The standard InChI is InChI=1S/C8H14NO3P/c10-8(13(11)12)9-7-4-5-1-2-6(7)3-5/h5-7,11-12H,1-4H2,(H,9,10). The lowest BCUT2D eigenvalue weighted by molar-refractivity contribution is 0.245. The van der Waals surface area contributed by atoms with E-state index in [-0.39, 0.29) is 6.04 Å². The first-order chi connectivity index (χ1) is 6.16. The van der Waals surface area contributed by atoms with Gasteiger partial charge in [-0.25, -0.2) is 0 Å². The summed E-state index contributed by atoms with van der Waals surface area (Å²) >= 11 is 0. The molecule has 0 aromatic rings. The molecule has 0 aliphatic heterocycles. The van der Waals surface area contributed by atoms with Crippen molar-refractivity contribution in [1.82, 2.24) is 5.32 Å². The van der Waals surface area contributed by atoms with Gasteiger partial charge in [0.2, 0.25) is 0 Å². The quantitative estimate of drug-likeness (QED) is 0.590. The zero-order chi connectivity index (χ0) is 9.42. The Labute approximate surface area is 78.3 Å². The number of hydrogen-bond acceptors (Lipinski definition) is 3. The van der Waals surface area contributed by atoms with E-state index in [1.165, 1.54) is 19.3 Å². The fourth-order valence-corrected chi connectivity index (χ4v) is 2.92. The van der Waals surface area contributed by atoms with Crippen LogP contribution in [0.3, 0.4) is 0 Å². The molecule has 2 bridgehead atoms. The molecule has 3 N–H and O–H groups in total. The molecule has 2 fully saturated rings. The molecule has 5 heteroatoms. The second kappa shape index (κ2) is 3.52. The van der Waals surface area contributed by atoms with Crippen LogP contribution in [-0.4, -0.2) is 21.5 Å². The largest absolute Gasteiger partial charge is 0.345 e. The molecule has 2 aliphatic carbocycles. The normalized spacial score (nSPS) is 37.0. The van der Waals surface area contributed by atoms with Crippen molar-refractivity contribution in [3.05, 3.63) is 0 Å². The molecule has 13 heavy (non-hydrogen) atoms. The van der Waals surface area contributed by atoms with Crippen LogP contribution in [0.4, 0.5) is 4.79 Å². The fraction of sp³-hybridized carbons (Fsp3) is 0.875. The van der Waals surface area contributed by atoms with E-state index in [2.05, 4.69) is 5.32 Å². The number of nitrogens with one attached hydrogen (secondary N) is 1. The Balaban J connectivity index is 1.86. The first-order valence-corrected chi connectivity index (χ1v) is 5.90. The van der Waals surface area contributed by atoms with Gasteiger partial charge in [-0.05, 0) is 31.1 Å². The summed E-state index contributed by atoms with van der Waals surface area (Å²) in [5, 5.41) is 2.70. The average Bonchev–Trinajstić information content (AvgIpc) is 2.64. The zero-order valence-corrected chi connectivity index (χ0v) is 8.20. The van der Waals surface area contributed by atoms with Gasteiger partial charge >= 0.3 is 0 Å². The van der Waals surface area contributed by atoms with Crippen molar-refractivity contribution in [2.75, 3.05) is 0 Å². The van der Waals surface area contributed by atoms with Gasteiger partial charge in [-0.1, -0.05) is 6.42 Å². The summed E-state index contributed by atoms with van der Waals surface area (Å²) < 4.78 is 0. The van der Waals surface area contributed by atoms with Crippen LogP contribution in [0.2, 0.25) is 0 Å². The highest BCUT2D eigenvalue weighted by Gasteiger charge is 2.40. The summed E-state index contributed by atoms with van der Waals surface area (Å²) in [6.07, 6.45) is 4.70. The van der Waals surface area contributed by atoms with Crippen molar-refractivity contribution >= 4 is 14.0 Å². The molecule has 0 aromatic carbocycles. The molecule has 3 unspecified atom stereocenters. The van der Waals surface area contributed by atoms with Gasteiger partial charge in [-0.2, -0.15) is 0 Å². The Hall–Kier alpha value is -0.180. The highest BCUT2D eigenvalue weighted by Crippen LogP contribution is 2.45. The third-order valence-corrected chi connectivity index (χ3v) is 3.72. The fourth-order valence-electron chi connectivity index (χ4n) is 2.64. The molecule has 0 spiro atoms. The Bertz CT molecular complexity index is 221. The predicted molar refractivity (Wildman–Crippen MR) is 49.1 cm³/mol. The molecule has 2 aliphatic rings. The van der Waals surface area contributed by atoms with E-state index >= 15 is 0 Å². The Kier molecular flexibility index (Phi) is 2.54. The van der Waals surface area contributed by atoms with Crippen LogP contribution < -0.4 is 5.32 Å². The van der Waals surface area contributed by atoms with Gasteiger partial charge in [0.25, 0.3) is 14.0 Å². The number of fused-ring (bicyclic) bond motifs is 2. The second-order valence-corrected chi connectivity index (χ2v) is 5.01. The SMILES string of the molecule is O=C(NC1CC2CCC1C2)P(O)O. The highest BCUT2D eigenvalue weighted by molar-refractivity contribution is 7.64. The maximum absolute atomic E-state index is 11.0. The summed E-state index contributed by atoms with van der Waals surface area (Å²) in [4.78, 5) is 28.3. The molecule has 0 saturated heterocycles. The Morgan fingerprint density at radius 1 is 1.31 bits per heavy atom. The van der Waals surface area contributed by atoms with Gasteiger partial charge in [0.05, 0.1) is 0 Å². The molecule has 2 rings (SSSR count). The minimum atomic E-state index is -2.44. The number of amides is 1. The molecule has 74 valence electrons. The van der Waals surface area contributed by atoms with E-state index in [1.54, 1.807) is 0 Å². The maximum Gasteiger partial charge on any atom is 0.298 e. The molecule has 0 aromatic heterocycles. The summed E-state index contributed by atoms with van der Waals surface area (Å²) in [6.45, 7) is 0. The van der Waals surface area contributed by atoms with Crippen LogP contribution in [0, 0.1) is 11.8 Å². The lowest BCUT2D eigenvalue weighted by atomic mass is 9.96. The van der Waals surface area contributed by atoms with Crippen molar-refractivity contribution in [2.45, 2.75) is 31.7 Å². The van der Waals surface area contributed by atoms with E-state index in [4.69, 9.17) is 9.79 Å². The first kappa shape index (κ1) is 9.38. The molecule has 4 nitrogen and oxygen atoms in total. The van der Waals surface area contributed by atoms with Crippen LogP contribution in [0.1, 0.15) is 25.7 Å². The van der Waals surface area contributed by atoms with E-state index < -0.39 is 14.0 Å². The minimum Gasteiger partial charge on any atom is -0.345 e. The summed E-state index contributed by atoms with van der Waals surface area (Å²) in [5.41, 5.74) is -0.590. The molecular weight excluding hydrogens is 189 g/mol. The third-order valence-electron chi connectivity index (χ3n) is 3.23. The van der Waals surface area contributed by atoms with Crippen LogP contribution in [-0.2, 0) is 0 Å². The number of carbonyl (C=O) groups excluding carboxylic acids is 1. The molecule has 0 heterocycles. The number of carbonyl (C=O) groups is 1. The van der Waals surface area contributed by atoms with E-state index in [0.717, 1.165) is 12.3 Å². The van der Waals surface area contributed by atoms with Crippen LogP contribution in [0.15, 0.2) is 0 Å². The third kappa shape index (κ3) is 1.85. The molecule has 0 radical (unpaired) electrons. The van der Waals surface area contributed by atoms with Crippen LogP contribution in [0.5, 0.6) is 0 Å². The molecular formula is C8H14NO3P. The summed E-state index contributed by atoms with van der Waals surface area (Å²) in [6, 6.07) is 0.204. The minimum absolute atomic E-state index is 0.204. The van der Waals surface area contributed by atoms with Gasteiger partial charge in [-0.3, -0.25) is 4.79 Å². The number of rotatable bonds is 2. The maximum atomic E-state index is 11.0. The van der Waals surface area contributed by atoms with Crippen molar-refractivity contribution in [2.24, 2.45) is 11.8 Å². The first-order valence-electron chi connectivity index (χ1n) is 4.65. The topological polar surface area (TPSA) is 69.6 Å². The summed E-state index contributed by atoms with van der Waals surface area (Å²) in [7, 11) is -2.44. The van der Waals surface area contributed by atoms with E-state index in [1.807, 2.05) is 0 Å². The van der Waals surface area contributed by atoms with E-state index in [0.29, 0.717) is 5.92 Å².